The van der Waals surface area contributed by atoms with Gasteiger partial charge in [0.15, 0.2) is 0 Å². The third-order valence-electron chi connectivity index (χ3n) is 3.88. The van der Waals surface area contributed by atoms with Gasteiger partial charge in [-0.3, -0.25) is 0 Å². The summed E-state index contributed by atoms with van der Waals surface area (Å²) in [7, 11) is 0. The van der Waals surface area contributed by atoms with Crippen LogP contribution in [0.25, 0.3) is 0 Å². The fraction of sp³-hybridized carbons (Fsp3) is 0.733. The molecule has 1 N–H and O–H groups in total. The first-order valence-corrected chi connectivity index (χ1v) is 6.08. The van der Waals surface area contributed by atoms with E-state index in [0.717, 1.165) is 5.57 Å². The number of hydrogen-bond acceptors (Lipinski definition) is 1. The minimum absolute atomic E-state index is 0.0227. The third kappa shape index (κ3) is 2.40. The van der Waals surface area contributed by atoms with E-state index >= 15 is 0 Å². The van der Waals surface area contributed by atoms with E-state index in [-0.39, 0.29) is 16.2 Å². The Kier molecular flexibility index (Phi) is 3.15. The Balaban J connectivity index is 3.21. The van der Waals surface area contributed by atoms with Crippen molar-refractivity contribution in [1.82, 2.24) is 0 Å². The monoisotopic (exact) mass is 222 g/mol. The SMILES string of the molecule is CC(C)(C)C1=CC(C)(C(C)(C)C)C=CC1O. The minimum atomic E-state index is -0.421. The van der Waals surface area contributed by atoms with Gasteiger partial charge in [0.1, 0.15) is 0 Å². The molecular weight excluding hydrogens is 196 g/mol. The molecule has 92 valence electrons. The van der Waals surface area contributed by atoms with Crippen molar-refractivity contribution in [2.45, 2.75) is 54.6 Å². The van der Waals surface area contributed by atoms with Crippen LogP contribution in [-0.4, -0.2) is 11.2 Å². The summed E-state index contributed by atoms with van der Waals surface area (Å²) in [5.74, 6) is 0. The molecule has 1 rings (SSSR count). The summed E-state index contributed by atoms with van der Waals surface area (Å²) in [6.45, 7) is 15.4. The fourth-order valence-electron chi connectivity index (χ4n) is 1.98. The lowest BCUT2D eigenvalue weighted by molar-refractivity contribution is 0.185. The molecule has 0 amide bonds. The standard InChI is InChI=1S/C15H26O/c1-13(2,3)11-10-15(7,14(4,5)6)9-8-12(11)16/h8-10,12,16H,1-7H3. The van der Waals surface area contributed by atoms with Gasteiger partial charge in [-0.25, -0.2) is 0 Å². The van der Waals surface area contributed by atoms with E-state index in [2.05, 4.69) is 60.6 Å². The zero-order valence-corrected chi connectivity index (χ0v) is 11.8. The molecule has 0 aromatic heterocycles. The molecule has 0 aromatic carbocycles. The third-order valence-corrected chi connectivity index (χ3v) is 3.88. The van der Waals surface area contributed by atoms with Crippen molar-refractivity contribution in [2.24, 2.45) is 16.2 Å². The van der Waals surface area contributed by atoms with Crippen LogP contribution in [0.2, 0.25) is 0 Å². The quantitative estimate of drug-likeness (QED) is 0.615. The van der Waals surface area contributed by atoms with Gasteiger partial charge in [-0.15, -0.1) is 0 Å². The van der Waals surface area contributed by atoms with Gasteiger partial charge in [0.2, 0.25) is 0 Å². The predicted molar refractivity (Wildman–Crippen MR) is 70.2 cm³/mol. The largest absolute Gasteiger partial charge is 0.385 e. The summed E-state index contributed by atoms with van der Waals surface area (Å²) in [6.07, 6.45) is 5.92. The number of allylic oxidation sites excluding steroid dienone is 2. The maximum atomic E-state index is 10.0. The first kappa shape index (κ1) is 13.5. The highest BCUT2D eigenvalue weighted by molar-refractivity contribution is 5.33. The summed E-state index contributed by atoms with van der Waals surface area (Å²) >= 11 is 0. The van der Waals surface area contributed by atoms with Crippen LogP contribution in [0.4, 0.5) is 0 Å². The summed E-state index contributed by atoms with van der Waals surface area (Å²) in [5.41, 5.74) is 1.35. The molecule has 0 saturated heterocycles. The van der Waals surface area contributed by atoms with Crippen LogP contribution in [0.1, 0.15) is 48.5 Å². The van der Waals surface area contributed by atoms with E-state index in [1.165, 1.54) is 0 Å². The van der Waals surface area contributed by atoms with Gasteiger partial charge in [0, 0.05) is 5.41 Å². The molecule has 0 aromatic rings. The molecule has 16 heavy (non-hydrogen) atoms. The topological polar surface area (TPSA) is 20.2 Å². The van der Waals surface area contributed by atoms with Crippen LogP contribution in [0.5, 0.6) is 0 Å². The van der Waals surface area contributed by atoms with Crippen LogP contribution in [0.3, 0.4) is 0 Å². The molecule has 0 spiro atoms. The summed E-state index contributed by atoms with van der Waals surface area (Å²) in [6, 6.07) is 0. The second kappa shape index (κ2) is 3.73. The zero-order valence-electron chi connectivity index (χ0n) is 11.8. The van der Waals surface area contributed by atoms with Crippen molar-refractivity contribution in [1.29, 1.82) is 0 Å². The molecule has 1 heteroatoms. The van der Waals surface area contributed by atoms with Gasteiger partial charge in [0.25, 0.3) is 0 Å². The molecule has 0 aliphatic heterocycles. The van der Waals surface area contributed by atoms with Gasteiger partial charge >= 0.3 is 0 Å². The maximum Gasteiger partial charge on any atom is 0.0937 e. The molecule has 0 saturated carbocycles. The molecular formula is C15H26O. The van der Waals surface area contributed by atoms with Crippen LogP contribution < -0.4 is 0 Å². The average Bonchev–Trinajstić information content (AvgIpc) is 2.05. The average molecular weight is 222 g/mol. The van der Waals surface area contributed by atoms with Crippen molar-refractivity contribution in [3.63, 3.8) is 0 Å². The van der Waals surface area contributed by atoms with Gasteiger partial charge in [0.05, 0.1) is 6.10 Å². The van der Waals surface area contributed by atoms with Gasteiger partial charge in [-0.1, -0.05) is 66.7 Å². The van der Waals surface area contributed by atoms with Crippen LogP contribution in [0.15, 0.2) is 23.8 Å². The van der Waals surface area contributed by atoms with Crippen molar-refractivity contribution < 1.29 is 5.11 Å². The zero-order chi connectivity index (χ0) is 12.8. The van der Waals surface area contributed by atoms with E-state index in [1.54, 1.807) is 0 Å². The lowest BCUT2D eigenvalue weighted by Gasteiger charge is -2.42. The van der Waals surface area contributed by atoms with Gasteiger partial charge in [-0.2, -0.15) is 0 Å². The molecule has 1 nitrogen and oxygen atoms in total. The molecule has 2 atom stereocenters. The van der Waals surface area contributed by atoms with Gasteiger partial charge in [-0.05, 0) is 16.4 Å². The maximum absolute atomic E-state index is 10.0. The Morgan fingerprint density at radius 1 is 1.12 bits per heavy atom. The number of hydrogen-bond donors (Lipinski definition) is 1. The first-order chi connectivity index (χ1) is 6.97. The van der Waals surface area contributed by atoms with E-state index in [0.29, 0.717) is 0 Å². The smallest absolute Gasteiger partial charge is 0.0937 e. The van der Waals surface area contributed by atoms with Crippen LogP contribution >= 0.6 is 0 Å². The second-order valence-corrected chi connectivity index (χ2v) is 7.19. The Bertz CT molecular complexity index is 322. The molecule has 0 bridgehead atoms. The Labute approximate surface area is 100 Å². The highest BCUT2D eigenvalue weighted by Crippen LogP contribution is 2.46. The normalized spacial score (nSPS) is 31.5. The van der Waals surface area contributed by atoms with Crippen molar-refractivity contribution in [2.75, 3.05) is 0 Å². The molecule has 0 fully saturated rings. The summed E-state index contributed by atoms with van der Waals surface area (Å²) in [4.78, 5) is 0. The molecule has 0 heterocycles. The number of aliphatic hydroxyl groups is 1. The summed E-state index contributed by atoms with van der Waals surface area (Å²) in [5, 5.41) is 10.0. The predicted octanol–water partition coefficient (Wildman–Crippen LogP) is 3.94. The van der Waals surface area contributed by atoms with E-state index < -0.39 is 6.10 Å². The number of aliphatic hydroxyl groups excluding tert-OH is 1. The molecule has 1 aliphatic rings. The highest BCUT2D eigenvalue weighted by atomic mass is 16.3. The lowest BCUT2D eigenvalue weighted by Crippen LogP contribution is -2.35. The van der Waals surface area contributed by atoms with Crippen molar-refractivity contribution in [3.05, 3.63) is 23.8 Å². The van der Waals surface area contributed by atoms with Crippen LogP contribution in [0, 0.1) is 16.2 Å². The van der Waals surface area contributed by atoms with E-state index in [1.807, 2.05) is 6.08 Å². The second-order valence-electron chi connectivity index (χ2n) is 7.19. The lowest BCUT2D eigenvalue weighted by atomic mass is 9.63. The van der Waals surface area contributed by atoms with E-state index in [4.69, 9.17) is 0 Å². The highest BCUT2D eigenvalue weighted by Gasteiger charge is 2.38. The Morgan fingerprint density at radius 2 is 1.62 bits per heavy atom. The Hall–Kier alpha value is -0.560. The van der Waals surface area contributed by atoms with E-state index in [9.17, 15) is 5.11 Å². The minimum Gasteiger partial charge on any atom is -0.385 e. The van der Waals surface area contributed by atoms with Gasteiger partial charge < -0.3 is 5.11 Å². The Morgan fingerprint density at radius 3 is 2.00 bits per heavy atom. The molecule has 2 unspecified atom stereocenters. The summed E-state index contributed by atoms with van der Waals surface area (Å²) < 4.78 is 0. The first-order valence-electron chi connectivity index (χ1n) is 6.08. The fourth-order valence-corrected chi connectivity index (χ4v) is 1.98. The number of rotatable bonds is 0. The van der Waals surface area contributed by atoms with Crippen molar-refractivity contribution in [3.8, 4) is 0 Å². The van der Waals surface area contributed by atoms with Crippen molar-refractivity contribution >= 4 is 0 Å². The molecule has 0 radical (unpaired) electrons. The van der Waals surface area contributed by atoms with Crippen LogP contribution in [-0.2, 0) is 0 Å². The molecule has 1 aliphatic carbocycles.